The van der Waals surface area contributed by atoms with Gasteiger partial charge >= 0.3 is 0 Å². The third-order valence-corrected chi connectivity index (χ3v) is 4.23. The molecule has 116 valence electrons. The Morgan fingerprint density at radius 3 is 2.68 bits per heavy atom. The third-order valence-electron chi connectivity index (χ3n) is 4.23. The monoisotopic (exact) mass is 298 g/mol. The summed E-state index contributed by atoms with van der Waals surface area (Å²) < 4.78 is 5.24. The van der Waals surface area contributed by atoms with E-state index in [1.165, 1.54) is 5.56 Å². The molecular formula is C17H22N4O. The molecule has 1 aromatic carbocycles. The summed E-state index contributed by atoms with van der Waals surface area (Å²) in [6.45, 7) is 3.96. The molecule has 0 N–H and O–H groups in total. The van der Waals surface area contributed by atoms with Crippen molar-refractivity contribution < 1.29 is 4.74 Å². The van der Waals surface area contributed by atoms with Crippen LogP contribution in [0.25, 0.3) is 0 Å². The van der Waals surface area contributed by atoms with Crippen LogP contribution in [0.1, 0.15) is 17.3 Å². The van der Waals surface area contributed by atoms with E-state index in [1.54, 1.807) is 19.5 Å². The van der Waals surface area contributed by atoms with Crippen molar-refractivity contribution in [3.05, 3.63) is 54.1 Å². The number of likely N-dealkylation sites (N-methyl/N-ethyl adjacent to an activating group) is 1. The van der Waals surface area contributed by atoms with Gasteiger partial charge in [-0.25, -0.2) is 0 Å². The van der Waals surface area contributed by atoms with Crippen molar-refractivity contribution in [2.24, 2.45) is 0 Å². The normalized spacial score (nSPS) is 20.0. The molecule has 5 heteroatoms. The molecule has 1 aromatic heterocycles. The number of rotatable bonds is 4. The van der Waals surface area contributed by atoms with Gasteiger partial charge in [0, 0.05) is 50.8 Å². The number of nitrogens with zero attached hydrogens (tertiary/aromatic N) is 4. The van der Waals surface area contributed by atoms with Gasteiger partial charge in [0.2, 0.25) is 0 Å². The second kappa shape index (κ2) is 6.85. The maximum Gasteiger partial charge on any atom is 0.118 e. The molecular weight excluding hydrogens is 276 g/mol. The number of ether oxygens (including phenoxy) is 1. The summed E-state index contributed by atoms with van der Waals surface area (Å²) in [5.74, 6) is 0.902. The van der Waals surface area contributed by atoms with Crippen LogP contribution in [0.3, 0.4) is 0 Å². The van der Waals surface area contributed by atoms with Gasteiger partial charge in [-0.05, 0) is 24.7 Å². The van der Waals surface area contributed by atoms with Crippen LogP contribution < -0.4 is 4.74 Å². The standard InChI is InChI=1S/C17H22N4O/c1-20-9-10-21(12-15-11-18-7-8-19-15)13-17(20)14-3-5-16(22-2)6-4-14/h3-8,11,17H,9-10,12-13H2,1-2H3. The predicted octanol–water partition coefficient (Wildman–Crippen LogP) is 1.97. The molecule has 1 aliphatic heterocycles. The minimum Gasteiger partial charge on any atom is -0.497 e. The molecule has 2 heterocycles. The lowest BCUT2D eigenvalue weighted by Crippen LogP contribution is -2.46. The molecule has 1 fully saturated rings. The highest BCUT2D eigenvalue weighted by molar-refractivity contribution is 5.29. The molecule has 0 aliphatic carbocycles. The maximum atomic E-state index is 5.24. The van der Waals surface area contributed by atoms with Gasteiger partial charge in [0.05, 0.1) is 12.8 Å². The van der Waals surface area contributed by atoms with E-state index in [2.05, 4.69) is 38.9 Å². The fourth-order valence-electron chi connectivity index (χ4n) is 2.90. The summed E-state index contributed by atoms with van der Waals surface area (Å²) in [6.07, 6.45) is 5.32. The van der Waals surface area contributed by atoms with Gasteiger partial charge in [-0.2, -0.15) is 0 Å². The largest absolute Gasteiger partial charge is 0.497 e. The summed E-state index contributed by atoms with van der Waals surface area (Å²) in [5, 5.41) is 0. The van der Waals surface area contributed by atoms with Crippen LogP contribution in [0.2, 0.25) is 0 Å². The van der Waals surface area contributed by atoms with Crippen molar-refractivity contribution in [3.63, 3.8) is 0 Å². The molecule has 2 aromatic rings. The minimum absolute atomic E-state index is 0.399. The van der Waals surface area contributed by atoms with Crippen molar-refractivity contribution in [1.82, 2.24) is 19.8 Å². The number of hydrogen-bond donors (Lipinski definition) is 0. The molecule has 0 spiro atoms. The lowest BCUT2D eigenvalue weighted by atomic mass is 10.0. The summed E-state index contributed by atoms with van der Waals surface area (Å²) in [7, 11) is 3.89. The van der Waals surface area contributed by atoms with Gasteiger partial charge in [-0.3, -0.25) is 19.8 Å². The summed E-state index contributed by atoms with van der Waals surface area (Å²) in [4.78, 5) is 13.4. The van der Waals surface area contributed by atoms with E-state index in [9.17, 15) is 0 Å². The van der Waals surface area contributed by atoms with E-state index in [0.717, 1.165) is 37.6 Å². The van der Waals surface area contributed by atoms with E-state index in [1.807, 2.05) is 18.3 Å². The van der Waals surface area contributed by atoms with E-state index in [0.29, 0.717) is 6.04 Å². The number of hydrogen-bond acceptors (Lipinski definition) is 5. The van der Waals surface area contributed by atoms with Gasteiger partial charge in [0.1, 0.15) is 5.75 Å². The number of piperazine rings is 1. The third kappa shape index (κ3) is 3.43. The van der Waals surface area contributed by atoms with Crippen LogP contribution >= 0.6 is 0 Å². The highest BCUT2D eigenvalue weighted by Gasteiger charge is 2.25. The molecule has 0 saturated carbocycles. The Morgan fingerprint density at radius 1 is 1.18 bits per heavy atom. The van der Waals surface area contributed by atoms with E-state index in [4.69, 9.17) is 4.74 Å². The van der Waals surface area contributed by atoms with Gasteiger partial charge in [0.15, 0.2) is 0 Å². The van der Waals surface area contributed by atoms with E-state index < -0.39 is 0 Å². The molecule has 0 amide bonds. The summed E-state index contributed by atoms with van der Waals surface area (Å²) in [5.41, 5.74) is 2.35. The van der Waals surface area contributed by atoms with Crippen LogP contribution in [0.4, 0.5) is 0 Å². The molecule has 0 radical (unpaired) electrons. The topological polar surface area (TPSA) is 41.5 Å². The number of benzene rings is 1. The van der Waals surface area contributed by atoms with Gasteiger partial charge < -0.3 is 4.74 Å². The molecule has 1 aliphatic rings. The summed E-state index contributed by atoms with van der Waals surface area (Å²) >= 11 is 0. The molecule has 1 atom stereocenters. The Hall–Kier alpha value is -1.98. The van der Waals surface area contributed by atoms with Crippen molar-refractivity contribution >= 4 is 0 Å². The Kier molecular flexibility index (Phi) is 4.65. The highest BCUT2D eigenvalue weighted by Crippen LogP contribution is 2.26. The zero-order chi connectivity index (χ0) is 15.4. The Morgan fingerprint density at radius 2 is 2.00 bits per heavy atom. The fraction of sp³-hybridized carbons (Fsp3) is 0.412. The van der Waals surface area contributed by atoms with E-state index >= 15 is 0 Å². The van der Waals surface area contributed by atoms with Crippen molar-refractivity contribution in [1.29, 1.82) is 0 Å². The first kappa shape index (κ1) is 14.9. The van der Waals surface area contributed by atoms with Crippen molar-refractivity contribution in [2.45, 2.75) is 12.6 Å². The Labute approximate surface area is 131 Å². The second-order valence-corrected chi connectivity index (χ2v) is 5.70. The first-order chi connectivity index (χ1) is 10.8. The van der Waals surface area contributed by atoms with E-state index in [-0.39, 0.29) is 0 Å². The maximum absolute atomic E-state index is 5.24. The van der Waals surface area contributed by atoms with Crippen LogP contribution in [0.5, 0.6) is 5.75 Å². The molecule has 3 rings (SSSR count). The lowest BCUT2D eigenvalue weighted by molar-refractivity contribution is 0.0895. The predicted molar refractivity (Wildman–Crippen MR) is 85.7 cm³/mol. The Bertz CT molecular complexity index is 587. The van der Waals surface area contributed by atoms with Crippen LogP contribution in [-0.4, -0.2) is 53.6 Å². The second-order valence-electron chi connectivity index (χ2n) is 5.70. The number of methoxy groups -OCH3 is 1. The molecule has 0 bridgehead atoms. The smallest absolute Gasteiger partial charge is 0.118 e. The molecule has 22 heavy (non-hydrogen) atoms. The molecule has 1 saturated heterocycles. The van der Waals surface area contributed by atoms with Crippen molar-refractivity contribution in [2.75, 3.05) is 33.8 Å². The lowest BCUT2D eigenvalue weighted by Gasteiger charge is -2.39. The zero-order valence-corrected chi connectivity index (χ0v) is 13.1. The average molecular weight is 298 g/mol. The van der Waals surface area contributed by atoms with Gasteiger partial charge in [0.25, 0.3) is 0 Å². The van der Waals surface area contributed by atoms with Crippen LogP contribution in [-0.2, 0) is 6.54 Å². The molecule has 1 unspecified atom stereocenters. The number of aromatic nitrogens is 2. The fourth-order valence-corrected chi connectivity index (χ4v) is 2.90. The quantitative estimate of drug-likeness (QED) is 0.863. The molecule has 5 nitrogen and oxygen atoms in total. The van der Waals surface area contributed by atoms with Crippen molar-refractivity contribution in [3.8, 4) is 5.75 Å². The average Bonchev–Trinajstić information content (AvgIpc) is 2.58. The SMILES string of the molecule is COc1ccc(C2CN(Cc3cnccn3)CCN2C)cc1. The summed E-state index contributed by atoms with van der Waals surface area (Å²) in [6, 6.07) is 8.78. The first-order valence-electron chi connectivity index (χ1n) is 7.57. The van der Waals surface area contributed by atoms with Crippen LogP contribution in [0, 0.1) is 0 Å². The Balaban J connectivity index is 1.70. The first-order valence-corrected chi connectivity index (χ1v) is 7.57. The van der Waals surface area contributed by atoms with Gasteiger partial charge in [-0.1, -0.05) is 12.1 Å². The minimum atomic E-state index is 0.399. The highest BCUT2D eigenvalue weighted by atomic mass is 16.5. The van der Waals surface area contributed by atoms with Crippen LogP contribution in [0.15, 0.2) is 42.9 Å². The van der Waals surface area contributed by atoms with Gasteiger partial charge in [-0.15, -0.1) is 0 Å². The zero-order valence-electron chi connectivity index (χ0n) is 13.1.